The molecule has 4 rings (SSSR count). The zero-order valence-corrected chi connectivity index (χ0v) is 20.5. The number of hydrogen-bond acceptors (Lipinski definition) is 7. The molecule has 1 aromatic rings. The van der Waals surface area contributed by atoms with E-state index in [1.54, 1.807) is 30.1 Å². The van der Waals surface area contributed by atoms with Gasteiger partial charge in [0.25, 0.3) is 0 Å². The van der Waals surface area contributed by atoms with Crippen LogP contribution in [0.15, 0.2) is 60.4 Å². The number of likely N-dealkylation sites (N-methyl/N-ethyl adjacent to an activating group) is 1. The third-order valence-electron chi connectivity index (χ3n) is 6.19. The average molecular weight is 498 g/mol. The van der Waals surface area contributed by atoms with Gasteiger partial charge in [-0.1, -0.05) is 30.9 Å². The summed E-state index contributed by atoms with van der Waals surface area (Å²) < 4.78 is 15.9. The van der Waals surface area contributed by atoms with E-state index >= 15 is 0 Å². The first-order chi connectivity index (χ1) is 17.4. The first-order valence-electron chi connectivity index (χ1n) is 11.6. The van der Waals surface area contributed by atoms with Crippen LogP contribution < -0.4 is 10.1 Å². The Bertz CT molecular complexity index is 1070. The fourth-order valence-electron chi connectivity index (χ4n) is 4.23. The molecule has 1 unspecified atom stereocenters. The van der Waals surface area contributed by atoms with Gasteiger partial charge in [0.15, 0.2) is 6.79 Å². The fraction of sp³-hybridized carbons (Fsp3) is 0.400. The largest absolute Gasteiger partial charge is 0.497 e. The number of ether oxygens (including phenoxy) is 3. The van der Waals surface area contributed by atoms with Gasteiger partial charge in [0.05, 0.1) is 26.8 Å². The van der Waals surface area contributed by atoms with Crippen molar-refractivity contribution in [2.75, 3.05) is 53.7 Å². The van der Waals surface area contributed by atoms with Crippen LogP contribution in [0.5, 0.6) is 5.75 Å². The van der Waals surface area contributed by atoms with Crippen molar-refractivity contribution >= 4 is 17.8 Å². The van der Waals surface area contributed by atoms with Gasteiger partial charge in [-0.2, -0.15) is 0 Å². The Labute approximate surface area is 210 Å². The van der Waals surface area contributed by atoms with E-state index in [0.29, 0.717) is 25.5 Å². The van der Waals surface area contributed by atoms with Crippen molar-refractivity contribution in [1.29, 1.82) is 0 Å². The smallest absolute Gasteiger partial charge is 0.334 e. The molecule has 1 aromatic carbocycles. The second-order valence-electron chi connectivity index (χ2n) is 8.66. The Kier molecular flexibility index (Phi) is 7.91. The zero-order valence-electron chi connectivity index (χ0n) is 20.5. The van der Waals surface area contributed by atoms with Crippen molar-refractivity contribution in [1.82, 2.24) is 25.1 Å². The van der Waals surface area contributed by atoms with Crippen LogP contribution in [0.1, 0.15) is 5.56 Å². The summed E-state index contributed by atoms with van der Waals surface area (Å²) in [4.78, 5) is 42.0. The first kappa shape index (κ1) is 25.3. The minimum Gasteiger partial charge on any atom is -0.497 e. The lowest BCUT2D eigenvalue weighted by atomic mass is 10.1. The average Bonchev–Trinajstić information content (AvgIpc) is 2.96. The number of rotatable bonds is 5. The molecule has 36 heavy (non-hydrogen) atoms. The minimum absolute atomic E-state index is 0.00702. The van der Waals surface area contributed by atoms with Crippen molar-refractivity contribution < 1.29 is 28.6 Å². The van der Waals surface area contributed by atoms with E-state index < -0.39 is 6.17 Å². The van der Waals surface area contributed by atoms with E-state index in [1.807, 2.05) is 36.4 Å². The predicted molar refractivity (Wildman–Crippen MR) is 130 cm³/mol. The molecule has 3 aliphatic heterocycles. The lowest BCUT2D eigenvalue weighted by Gasteiger charge is -2.51. The maximum atomic E-state index is 13.2. The van der Waals surface area contributed by atoms with Crippen molar-refractivity contribution in [2.45, 2.75) is 12.7 Å². The van der Waals surface area contributed by atoms with Gasteiger partial charge in [0, 0.05) is 20.1 Å². The van der Waals surface area contributed by atoms with E-state index in [2.05, 4.69) is 11.9 Å². The van der Waals surface area contributed by atoms with Crippen molar-refractivity contribution in [3.63, 3.8) is 0 Å². The Balaban J connectivity index is 1.47. The van der Waals surface area contributed by atoms with Crippen LogP contribution in [0, 0.1) is 0 Å². The summed E-state index contributed by atoms with van der Waals surface area (Å²) in [6.45, 7) is 4.92. The molecule has 11 nitrogen and oxygen atoms in total. The number of amides is 4. The second-order valence-corrected chi connectivity index (χ2v) is 8.66. The van der Waals surface area contributed by atoms with Crippen LogP contribution in [0.4, 0.5) is 4.79 Å². The first-order valence-corrected chi connectivity index (χ1v) is 11.6. The summed E-state index contributed by atoms with van der Waals surface area (Å²) in [5.41, 5.74) is 1.75. The van der Waals surface area contributed by atoms with Crippen LogP contribution in [0.3, 0.4) is 0 Å². The molecule has 1 N–H and O–H groups in total. The number of piperazine rings is 1. The molecule has 2 fully saturated rings. The Morgan fingerprint density at radius 3 is 2.69 bits per heavy atom. The number of methoxy groups -OCH3 is 1. The van der Waals surface area contributed by atoms with Gasteiger partial charge in [-0.15, -0.1) is 0 Å². The number of fused-ring (bicyclic) bond motifs is 1. The van der Waals surface area contributed by atoms with Gasteiger partial charge < -0.3 is 29.3 Å². The minimum atomic E-state index is -0.625. The number of nitrogens with zero attached hydrogens (tertiary/aromatic N) is 4. The molecule has 0 radical (unpaired) electrons. The van der Waals surface area contributed by atoms with Crippen molar-refractivity contribution in [3.05, 3.63) is 66.0 Å². The predicted octanol–water partition coefficient (Wildman–Crippen LogP) is 1.06. The number of hydrogen-bond donors (Lipinski definition) is 1. The van der Waals surface area contributed by atoms with Gasteiger partial charge >= 0.3 is 6.03 Å². The SMILES string of the molecule is C=C1/C=C\C(CN2CC3N(CC2=O)C(=O)CN(C)N3C(=O)NCc2ccc(OC)cc2)=C/COCO1. The van der Waals surface area contributed by atoms with Crippen molar-refractivity contribution in [3.8, 4) is 5.75 Å². The van der Waals surface area contributed by atoms with E-state index in [1.165, 1.54) is 9.91 Å². The van der Waals surface area contributed by atoms with Gasteiger partial charge in [0.1, 0.15) is 24.2 Å². The van der Waals surface area contributed by atoms with Crippen molar-refractivity contribution in [2.24, 2.45) is 0 Å². The van der Waals surface area contributed by atoms with E-state index in [-0.39, 0.29) is 44.3 Å². The number of nitrogens with one attached hydrogen (secondary N) is 1. The molecular formula is C25H31N5O6. The van der Waals surface area contributed by atoms with Crippen LogP contribution in [-0.4, -0.2) is 97.6 Å². The number of hydrazine groups is 1. The maximum absolute atomic E-state index is 13.2. The molecule has 0 saturated carbocycles. The standard InChI is InChI=1S/C25H31N5O6/c1-18-4-5-20(10-11-35-17-36-18)13-28-14-22-29(16-23(28)31)24(32)15-27(2)30(22)25(33)26-12-19-6-8-21(34-3)9-7-19/h4-10,22H,1,11-17H2,2-3H3,(H,26,33)/b5-4-,20-10+. The van der Waals surface area contributed by atoms with Gasteiger partial charge in [-0.25, -0.2) is 14.8 Å². The van der Waals surface area contributed by atoms with Crippen LogP contribution in [0.25, 0.3) is 0 Å². The number of urea groups is 1. The third kappa shape index (κ3) is 5.86. The van der Waals surface area contributed by atoms with Gasteiger partial charge in [0.2, 0.25) is 11.8 Å². The normalized spacial score (nSPS) is 23.5. The summed E-state index contributed by atoms with van der Waals surface area (Å²) in [6.07, 6.45) is 4.79. The molecule has 2 saturated heterocycles. The van der Waals surface area contributed by atoms with E-state index in [9.17, 15) is 14.4 Å². The molecule has 0 aromatic heterocycles. The molecule has 11 heteroatoms. The fourth-order valence-corrected chi connectivity index (χ4v) is 4.23. The highest BCUT2D eigenvalue weighted by Crippen LogP contribution is 2.23. The van der Waals surface area contributed by atoms with E-state index in [0.717, 1.165) is 16.9 Å². The Hall–Kier alpha value is -3.83. The third-order valence-corrected chi connectivity index (χ3v) is 6.19. The number of allylic oxidation sites excluding steroid dienone is 1. The highest BCUT2D eigenvalue weighted by atomic mass is 16.7. The molecule has 0 spiro atoms. The van der Waals surface area contributed by atoms with E-state index in [4.69, 9.17) is 14.2 Å². The summed E-state index contributed by atoms with van der Waals surface area (Å²) in [5, 5.41) is 6.02. The summed E-state index contributed by atoms with van der Waals surface area (Å²) in [6, 6.07) is 7.04. The topological polar surface area (TPSA) is 104 Å². The van der Waals surface area contributed by atoms with Gasteiger partial charge in [-0.05, 0) is 29.3 Å². The molecule has 0 aliphatic carbocycles. The molecule has 3 aliphatic rings. The second kappa shape index (κ2) is 11.3. The summed E-state index contributed by atoms with van der Waals surface area (Å²) in [7, 11) is 3.29. The monoisotopic (exact) mass is 497 g/mol. The molecule has 3 heterocycles. The number of benzene rings is 1. The molecule has 192 valence electrons. The molecular weight excluding hydrogens is 466 g/mol. The van der Waals surface area contributed by atoms with Gasteiger partial charge in [-0.3, -0.25) is 9.59 Å². The quantitative estimate of drug-likeness (QED) is 0.649. The summed E-state index contributed by atoms with van der Waals surface area (Å²) >= 11 is 0. The highest BCUT2D eigenvalue weighted by molar-refractivity contribution is 5.89. The summed E-state index contributed by atoms with van der Waals surface area (Å²) in [5.74, 6) is 0.805. The highest BCUT2D eigenvalue weighted by Gasteiger charge is 2.45. The molecule has 4 amide bonds. The van der Waals surface area contributed by atoms with Crippen LogP contribution in [0.2, 0.25) is 0 Å². The maximum Gasteiger partial charge on any atom is 0.334 e. The van der Waals surface area contributed by atoms with Crippen LogP contribution in [-0.2, 0) is 25.6 Å². The Morgan fingerprint density at radius 1 is 1.17 bits per heavy atom. The lowest BCUT2D eigenvalue weighted by Crippen LogP contribution is -2.73. The Morgan fingerprint density at radius 2 is 1.94 bits per heavy atom. The lowest BCUT2D eigenvalue weighted by molar-refractivity contribution is -0.177. The number of carbonyl (C=O) groups is 3. The van der Waals surface area contributed by atoms with Crippen LogP contribution >= 0.6 is 0 Å². The molecule has 1 atom stereocenters. The number of carbonyl (C=O) groups excluding carboxylic acids is 3. The zero-order chi connectivity index (χ0) is 25.7. The molecule has 0 bridgehead atoms.